The summed E-state index contributed by atoms with van der Waals surface area (Å²) >= 11 is 0. The number of aryl methyl sites for hydroxylation is 1. The molecule has 1 aromatic carbocycles. The Morgan fingerprint density at radius 3 is 2.26 bits per heavy atom. The summed E-state index contributed by atoms with van der Waals surface area (Å²) in [5.41, 5.74) is 1.17. The van der Waals surface area contributed by atoms with Crippen molar-refractivity contribution in [3.05, 3.63) is 29.8 Å². The third kappa shape index (κ3) is 5.12. The first kappa shape index (κ1) is 15.9. The summed E-state index contributed by atoms with van der Waals surface area (Å²) in [7, 11) is 0. The van der Waals surface area contributed by atoms with Gasteiger partial charge in [-0.1, -0.05) is 17.7 Å². The summed E-state index contributed by atoms with van der Waals surface area (Å²) < 4.78 is 25.5. The number of benzene rings is 1. The highest BCUT2D eigenvalue weighted by Gasteiger charge is 2.43. The molecule has 1 aliphatic carbocycles. The molecule has 3 nitrogen and oxygen atoms in total. The molecule has 0 saturated heterocycles. The molecule has 1 saturated carbocycles. The van der Waals surface area contributed by atoms with Crippen LogP contribution in [0.25, 0.3) is 0 Å². The van der Waals surface area contributed by atoms with Crippen molar-refractivity contribution in [2.75, 3.05) is 6.61 Å². The van der Waals surface area contributed by atoms with Gasteiger partial charge in [-0.05, 0) is 31.9 Å². The summed E-state index contributed by atoms with van der Waals surface area (Å²) in [6.45, 7) is 1.45. The van der Waals surface area contributed by atoms with Gasteiger partial charge in [0.1, 0.15) is 5.75 Å². The number of aliphatic hydroxyl groups excluding tert-OH is 2. The fourth-order valence-corrected chi connectivity index (χ4v) is 1.93. The number of halogens is 2. The highest BCUT2D eigenvalue weighted by Crippen LogP contribution is 2.37. The third-order valence-electron chi connectivity index (χ3n) is 3.22. The van der Waals surface area contributed by atoms with Gasteiger partial charge in [-0.2, -0.15) is 0 Å². The standard InChI is InChI=1S/C7H12F2O2.C7H8O/c8-7(9)2-1-6(11)3-5(7)4-10;1-6-2-4-7(8)5-3-6/h5-6,10-11H,1-4H2;2-5,8H,1H3. The molecule has 1 aromatic rings. The van der Waals surface area contributed by atoms with Crippen LogP contribution in [-0.4, -0.2) is 34.0 Å². The van der Waals surface area contributed by atoms with Crippen LogP contribution in [-0.2, 0) is 0 Å². The molecule has 0 bridgehead atoms. The van der Waals surface area contributed by atoms with Crippen molar-refractivity contribution >= 4 is 0 Å². The summed E-state index contributed by atoms with van der Waals surface area (Å²) in [5, 5.41) is 26.3. The lowest BCUT2D eigenvalue weighted by atomic mass is 9.84. The number of hydrogen-bond acceptors (Lipinski definition) is 3. The van der Waals surface area contributed by atoms with E-state index in [0.717, 1.165) is 0 Å². The van der Waals surface area contributed by atoms with Crippen molar-refractivity contribution in [3.8, 4) is 5.75 Å². The lowest BCUT2D eigenvalue weighted by Crippen LogP contribution is -2.39. The Labute approximate surface area is 111 Å². The van der Waals surface area contributed by atoms with Crippen molar-refractivity contribution in [2.24, 2.45) is 5.92 Å². The van der Waals surface area contributed by atoms with Gasteiger partial charge in [-0.15, -0.1) is 0 Å². The van der Waals surface area contributed by atoms with Crippen molar-refractivity contribution in [1.82, 2.24) is 0 Å². The Balaban J connectivity index is 0.000000200. The van der Waals surface area contributed by atoms with E-state index in [-0.39, 0.29) is 19.3 Å². The van der Waals surface area contributed by atoms with Crippen LogP contribution in [0.2, 0.25) is 0 Å². The molecule has 0 aliphatic heterocycles. The Hall–Kier alpha value is -1.20. The SMILES string of the molecule is Cc1ccc(O)cc1.OCC1CC(O)CCC1(F)F. The topological polar surface area (TPSA) is 60.7 Å². The third-order valence-corrected chi connectivity index (χ3v) is 3.22. The minimum Gasteiger partial charge on any atom is -0.508 e. The highest BCUT2D eigenvalue weighted by atomic mass is 19.3. The molecule has 2 atom stereocenters. The lowest BCUT2D eigenvalue weighted by molar-refractivity contribution is -0.125. The molecule has 19 heavy (non-hydrogen) atoms. The highest BCUT2D eigenvalue weighted by molar-refractivity contribution is 5.24. The summed E-state index contributed by atoms with van der Waals surface area (Å²) in [5.74, 6) is -3.50. The first-order valence-electron chi connectivity index (χ1n) is 6.27. The molecule has 2 unspecified atom stereocenters. The van der Waals surface area contributed by atoms with E-state index in [2.05, 4.69) is 0 Å². The maximum Gasteiger partial charge on any atom is 0.253 e. The average Bonchev–Trinajstić information content (AvgIpc) is 2.37. The first-order valence-corrected chi connectivity index (χ1v) is 6.27. The number of hydrogen-bond donors (Lipinski definition) is 3. The molecule has 108 valence electrons. The quantitative estimate of drug-likeness (QED) is 0.737. The lowest BCUT2D eigenvalue weighted by Gasteiger charge is -2.32. The minimum absolute atomic E-state index is 0.0174. The van der Waals surface area contributed by atoms with E-state index < -0.39 is 24.6 Å². The molecule has 1 fully saturated rings. The smallest absolute Gasteiger partial charge is 0.253 e. The number of phenols is 1. The van der Waals surface area contributed by atoms with Gasteiger partial charge in [-0.25, -0.2) is 8.78 Å². The van der Waals surface area contributed by atoms with Crippen molar-refractivity contribution < 1.29 is 24.1 Å². The van der Waals surface area contributed by atoms with Crippen LogP contribution in [0.1, 0.15) is 24.8 Å². The number of rotatable bonds is 1. The second kappa shape index (κ2) is 6.82. The molecule has 0 amide bonds. The van der Waals surface area contributed by atoms with Crippen LogP contribution >= 0.6 is 0 Å². The van der Waals surface area contributed by atoms with Crippen LogP contribution in [0.5, 0.6) is 5.75 Å². The molecule has 0 radical (unpaired) electrons. The molecule has 0 heterocycles. The van der Waals surface area contributed by atoms with Crippen LogP contribution in [0.15, 0.2) is 24.3 Å². The van der Waals surface area contributed by atoms with E-state index in [1.165, 1.54) is 5.56 Å². The van der Waals surface area contributed by atoms with E-state index in [1.807, 2.05) is 19.1 Å². The van der Waals surface area contributed by atoms with Crippen LogP contribution in [0.4, 0.5) is 8.78 Å². The van der Waals surface area contributed by atoms with Crippen molar-refractivity contribution in [3.63, 3.8) is 0 Å². The van der Waals surface area contributed by atoms with E-state index in [0.29, 0.717) is 5.75 Å². The Kier molecular flexibility index (Phi) is 5.69. The van der Waals surface area contributed by atoms with Gasteiger partial charge in [0.25, 0.3) is 5.92 Å². The fraction of sp³-hybridized carbons (Fsp3) is 0.571. The Bertz CT molecular complexity index is 358. The average molecular weight is 274 g/mol. The van der Waals surface area contributed by atoms with Gasteiger partial charge < -0.3 is 15.3 Å². The molecule has 5 heteroatoms. The fourth-order valence-electron chi connectivity index (χ4n) is 1.93. The Morgan fingerprint density at radius 1 is 1.26 bits per heavy atom. The van der Waals surface area contributed by atoms with E-state index in [9.17, 15) is 8.78 Å². The second-order valence-corrected chi connectivity index (χ2v) is 4.90. The molecule has 0 spiro atoms. The summed E-state index contributed by atoms with van der Waals surface area (Å²) in [6, 6.07) is 7.09. The summed E-state index contributed by atoms with van der Waals surface area (Å²) in [6.07, 6.45) is -0.807. The number of aromatic hydroxyl groups is 1. The second-order valence-electron chi connectivity index (χ2n) is 4.90. The van der Waals surface area contributed by atoms with Gasteiger partial charge in [0.15, 0.2) is 0 Å². The van der Waals surface area contributed by atoms with Gasteiger partial charge >= 0.3 is 0 Å². The van der Waals surface area contributed by atoms with Gasteiger partial charge in [-0.3, -0.25) is 0 Å². The molecule has 1 aliphatic rings. The molecule has 3 N–H and O–H groups in total. The van der Waals surface area contributed by atoms with Gasteiger partial charge in [0, 0.05) is 12.3 Å². The zero-order valence-corrected chi connectivity index (χ0v) is 10.9. The molecular weight excluding hydrogens is 254 g/mol. The largest absolute Gasteiger partial charge is 0.508 e. The van der Waals surface area contributed by atoms with Crippen LogP contribution < -0.4 is 0 Å². The molecule has 2 rings (SSSR count). The maximum absolute atomic E-state index is 12.8. The number of aliphatic hydroxyl groups is 2. The van der Waals surface area contributed by atoms with Gasteiger partial charge in [0.2, 0.25) is 0 Å². The molecular formula is C14H20F2O3. The van der Waals surface area contributed by atoms with Gasteiger partial charge in [0.05, 0.1) is 12.7 Å². The van der Waals surface area contributed by atoms with E-state index in [1.54, 1.807) is 12.1 Å². The predicted octanol–water partition coefficient (Wildman–Crippen LogP) is 2.48. The zero-order chi connectivity index (χ0) is 14.5. The predicted molar refractivity (Wildman–Crippen MR) is 68.2 cm³/mol. The summed E-state index contributed by atoms with van der Waals surface area (Å²) in [4.78, 5) is 0. The zero-order valence-electron chi connectivity index (χ0n) is 10.9. The van der Waals surface area contributed by atoms with Crippen molar-refractivity contribution in [1.29, 1.82) is 0 Å². The Morgan fingerprint density at radius 2 is 1.84 bits per heavy atom. The van der Waals surface area contributed by atoms with E-state index in [4.69, 9.17) is 15.3 Å². The van der Waals surface area contributed by atoms with Crippen molar-refractivity contribution in [2.45, 2.75) is 38.2 Å². The molecule has 0 aromatic heterocycles. The number of phenolic OH excluding ortho intramolecular Hbond substituents is 1. The minimum atomic E-state index is -2.78. The first-order chi connectivity index (χ1) is 8.85. The van der Waals surface area contributed by atoms with Crippen LogP contribution in [0.3, 0.4) is 0 Å². The normalized spacial score (nSPS) is 25.3. The van der Waals surface area contributed by atoms with Crippen LogP contribution in [0, 0.1) is 12.8 Å². The number of alkyl halides is 2. The monoisotopic (exact) mass is 274 g/mol. The van der Waals surface area contributed by atoms with E-state index >= 15 is 0 Å². The maximum atomic E-state index is 12.8.